The van der Waals surface area contributed by atoms with Crippen LogP contribution in [0.3, 0.4) is 0 Å². The van der Waals surface area contributed by atoms with E-state index < -0.39 is 0 Å². The van der Waals surface area contributed by atoms with Crippen molar-refractivity contribution >= 4 is 11.0 Å². The van der Waals surface area contributed by atoms with Gasteiger partial charge in [0.1, 0.15) is 5.58 Å². The first kappa shape index (κ1) is 9.28. The van der Waals surface area contributed by atoms with Crippen LogP contribution in [0, 0.1) is 0 Å². The van der Waals surface area contributed by atoms with Gasteiger partial charge in [0.25, 0.3) is 0 Å². The van der Waals surface area contributed by atoms with Gasteiger partial charge in [-0.05, 0) is 24.1 Å². The lowest BCUT2D eigenvalue weighted by Gasteiger charge is -1.98. The van der Waals surface area contributed by atoms with Crippen LogP contribution in [-0.4, -0.2) is 0 Å². The summed E-state index contributed by atoms with van der Waals surface area (Å²) in [5.41, 5.74) is 9.01. The zero-order valence-corrected chi connectivity index (χ0v) is 8.42. The van der Waals surface area contributed by atoms with E-state index in [-0.39, 0.29) is 0 Å². The van der Waals surface area contributed by atoms with Crippen molar-refractivity contribution in [3.05, 3.63) is 35.6 Å². The maximum absolute atomic E-state index is 5.62. The van der Waals surface area contributed by atoms with E-state index in [1.807, 2.05) is 6.07 Å². The fraction of sp³-hybridized carbons (Fsp3) is 0.333. The van der Waals surface area contributed by atoms with Gasteiger partial charge >= 0.3 is 0 Å². The van der Waals surface area contributed by atoms with Gasteiger partial charge in [-0.3, -0.25) is 0 Å². The van der Waals surface area contributed by atoms with E-state index in [0.717, 1.165) is 17.6 Å². The molecule has 0 amide bonds. The fourth-order valence-electron chi connectivity index (χ4n) is 1.73. The summed E-state index contributed by atoms with van der Waals surface area (Å²) < 4.78 is 5.39. The maximum atomic E-state index is 5.62. The minimum Gasteiger partial charge on any atom is -0.464 e. The van der Waals surface area contributed by atoms with Crippen LogP contribution < -0.4 is 5.73 Å². The summed E-state index contributed by atoms with van der Waals surface area (Å²) >= 11 is 0. The zero-order chi connectivity index (χ0) is 9.97. The highest BCUT2D eigenvalue weighted by molar-refractivity contribution is 5.81. The van der Waals surface area contributed by atoms with Crippen molar-refractivity contribution < 1.29 is 4.42 Å². The Morgan fingerprint density at radius 3 is 2.93 bits per heavy atom. The molecule has 0 saturated carbocycles. The lowest BCUT2D eigenvalue weighted by molar-refractivity contribution is 0.610. The van der Waals surface area contributed by atoms with Crippen LogP contribution in [0.15, 0.2) is 28.9 Å². The molecule has 1 heterocycles. The largest absolute Gasteiger partial charge is 0.464 e. The van der Waals surface area contributed by atoms with Gasteiger partial charge in [-0.2, -0.15) is 0 Å². The van der Waals surface area contributed by atoms with Crippen molar-refractivity contribution in [2.45, 2.75) is 26.3 Å². The molecule has 0 bridgehead atoms. The topological polar surface area (TPSA) is 39.2 Å². The van der Waals surface area contributed by atoms with Crippen molar-refractivity contribution in [1.82, 2.24) is 0 Å². The van der Waals surface area contributed by atoms with Crippen LogP contribution in [0.25, 0.3) is 11.0 Å². The van der Waals surface area contributed by atoms with Crippen LogP contribution in [0.1, 0.15) is 24.5 Å². The van der Waals surface area contributed by atoms with E-state index in [1.165, 1.54) is 17.4 Å². The molecular formula is C12H15NO. The second-order valence-electron chi connectivity index (χ2n) is 3.55. The lowest BCUT2D eigenvalue weighted by atomic mass is 10.1. The van der Waals surface area contributed by atoms with Gasteiger partial charge < -0.3 is 10.2 Å². The second-order valence-corrected chi connectivity index (χ2v) is 3.55. The van der Waals surface area contributed by atoms with Crippen molar-refractivity contribution in [1.29, 1.82) is 0 Å². The van der Waals surface area contributed by atoms with Gasteiger partial charge in [0.05, 0.1) is 6.26 Å². The molecule has 1 aromatic carbocycles. The molecule has 0 spiro atoms. The second kappa shape index (κ2) is 3.84. The molecule has 2 nitrogen and oxygen atoms in total. The third kappa shape index (κ3) is 1.53. The van der Waals surface area contributed by atoms with Gasteiger partial charge in [0, 0.05) is 17.5 Å². The number of hydrogen-bond donors (Lipinski definition) is 1. The number of benzene rings is 1. The summed E-state index contributed by atoms with van der Waals surface area (Å²) in [7, 11) is 0. The minimum atomic E-state index is 0.544. The van der Waals surface area contributed by atoms with E-state index in [0.29, 0.717) is 6.54 Å². The maximum Gasteiger partial charge on any atom is 0.134 e. The number of rotatable bonds is 3. The van der Waals surface area contributed by atoms with Crippen LogP contribution in [0.2, 0.25) is 0 Å². The third-order valence-electron chi connectivity index (χ3n) is 2.48. The molecule has 2 aromatic rings. The quantitative estimate of drug-likeness (QED) is 0.806. The summed E-state index contributed by atoms with van der Waals surface area (Å²) in [6, 6.07) is 6.33. The predicted octanol–water partition coefficient (Wildman–Crippen LogP) is 2.84. The number of furan rings is 1. The Balaban J connectivity index is 2.50. The Bertz CT molecular complexity index is 431. The molecule has 0 atom stereocenters. The molecule has 0 aliphatic heterocycles. The number of hydrogen-bond acceptors (Lipinski definition) is 2. The standard InChI is InChI=1S/C12H15NO/c1-2-3-9-4-5-12-11(6-9)10(7-13)8-14-12/h4-6,8H,2-3,7,13H2,1H3. The Hall–Kier alpha value is -1.28. The first-order valence-electron chi connectivity index (χ1n) is 5.04. The first-order valence-corrected chi connectivity index (χ1v) is 5.04. The molecule has 1 aromatic heterocycles. The van der Waals surface area contributed by atoms with Gasteiger partial charge in [-0.1, -0.05) is 19.4 Å². The molecule has 0 aliphatic carbocycles. The molecule has 74 valence electrons. The van der Waals surface area contributed by atoms with Crippen molar-refractivity contribution in [3.63, 3.8) is 0 Å². The van der Waals surface area contributed by atoms with Crippen LogP contribution in [-0.2, 0) is 13.0 Å². The van der Waals surface area contributed by atoms with Crippen LogP contribution in [0.4, 0.5) is 0 Å². The highest BCUT2D eigenvalue weighted by Gasteiger charge is 2.04. The number of fused-ring (bicyclic) bond motifs is 1. The third-order valence-corrected chi connectivity index (χ3v) is 2.48. The molecule has 2 N–H and O–H groups in total. The molecule has 2 heteroatoms. The number of aryl methyl sites for hydroxylation is 1. The first-order chi connectivity index (χ1) is 6.85. The predicted molar refractivity (Wildman–Crippen MR) is 58.1 cm³/mol. The van der Waals surface area contributed by atoms with Crippen LogP contribution in [0.5, 0.6) is 0 Å². The van der Waals surface area contributed by atoms with E-state index >= 15 is 0 Å². The Kier molecular flexibility index (Phi) is 2.55. The van der Waals surface area contributed by atoms with E-state index in [2.05, 4.69) is 19.1 Å². The average molecular weight is 189 g/mol. The Morgan fingerprint density at radius 2 is 2.21 bits per heavy atom. The van der Waals surface area contributed by atoms with Gasteiger partial charge in [0.2, 0.25) is 0 Å². The van der Waals surface area contributed by atoms with Crippen molar-refractivity contribution in [2.75, 3.05) is 0 Å². The van der Waals surface area contributed by atoms with E-state index in [4.69, 9.17) is 10.2 Å². The smallest absolute Gasteiger partial charge is 0.134 e. The summed E-state index contributed by atoms with van der Waals surface area (Å²) in [6.45, 7) is 2.73. The van der Waals surface area contributed by atoms with Gasteiger partial charge in [0.15, 0.2) is 0 Å². The summed E-state index contributed by atoms with van der Waals surface area (Å²) in [5.74, 6) is 0. The lowest BCUT2D eigenvalue weighted by Crippen LogP contribution is -1.94. The highest BCUT2D eigenvalue weighted by Crippen LogP contribution is 2.22. The van der Waals surface area contributed by atoms with Gasteiger partial charge in [-0.15, -0.1) is 0 Å². The molecule has 0 saturated heterocycles. The molecule has 14 heavy (non-hydrogen) atoms. The molecule has 0 aliphatic rings. The van der Waals surface area contributed by atoms with E-state index in [1.54, 1.807) is 6.26 Å². The molecular weight excluding hydrogens is 174 g/mol. The van der Waals surface area contributed by atoms with E-state index in [9.17, 15) is 0 Å². The molecule has 2 rings (SSSR count). The summed E-state index contributed by atoms with van der Waals surface area (Å²) in [5, 5.41) is 1.17. The highest BCUT2D eigenvalue weighted by atomic mass is 16.3. The summed E-state index contributed by atoms with van der Waals surface area (Å²) in [4.78, 5) is 0. The minimum absolute atomic E-state index is 0.544. The zero-order valence-electron chi connectivity index (χ0n) is 8.42. The Labute approximate surface area is 83.7 Å². The average Bonchev–Trinajstić information content (AvgIpc) is 2.60. The summed E-state index contributed by atoms with van der Waals surface area (Å²) in [6.07, 6.45) is 4.03. The van der Waals surface area contributed by atoms with Crippen LogP contribution >= 0.6 is 0 Å². The molecule has 0 fully saturated rings. The SMILES string of the molecule is CCCc1ccc2occ(CN)c2c1. The Morgan fingerprint density at radius 1 is 1.36 bits per heavy atom. The van der Waals surface area contributed by atoms with Gasteiger partial charge in [-0.25, -0.2) is 0 Å². The van der Waals surface area contributed by atoms with Crippen molar-refractivity contribution in [3.8, 4) is 0 Å². The number of nitrogens with two attached hydrogens (primary N) is 1. The monoisotopic (exact) mass is 189 g/mol. The fourth-order valence-corrected chi connectivity index (χ4v) is 1.73. The van der Waals surface area contributed by atoms with Crippen molar-refractivity contribution in [2.24, 2.45) is 5.73 Å². The molecule has 0 radical (unpaired) electrons. The normalized spacial score (nSPS) is 11.0. The molecule has 0 unspecified atom stereocenters.